The Morgan fingerprint density at radius 2 is 2.06 bits per heavy atom. The second-order valence-electron chi connectivity index (χ2n) is 9.40. The van der Waals surface area contributed by atoms with Crippen LogP contribution in [0.15, 0.2) is 54.3 Å². The molecule has 3 N–H and O–H groups in total. The van der Waals surface area contributed by atoms with Gasteiger partial charge in [-0.1, -0.05) is 43.4 Å². The van der Waals surface area contributed by atoms with E-state index in [1.54, 1.807) is 18.3 Å². The first-order valence-electron chi connectivity index (χ1n) is 12.3. The number of benzene rings is 1. The van der Waals surface area contributed by atoms with Crippen LogP contribution >= 0.6 is 0 Å². The lowest BCUT2D eigenvalue weighted by Gasteiger charge is -2.27. The third-order valence-corrected chi connectivity index (χ3v) is 6.88. The van der Waals surface area contributed by atoms with Gasteiger partial charge in [0.1, 0.15) is 11.6 Å². The Morgan fingerprint density at radius 3 is 2.83 bits per heavy atom. The normalized spacial score (nSPS) is 23.3. The lowest BCUT2D eigenvalue weighted by molar-refractivity contribution is 0.0426. The number of morpholine rings is 1. The number of nitrogens with two attached hydrogens (primary N) is 1. The van der Waals surface area contributed by atoms with Gasteiger partial charge in [0.05, 0.1) is 18.7 Å². The van der Waals surface area contributed by atoms with E-state index in [1.807, 2.05) is 13.0 Å². The number of rotatable bonds is 5. The first-order valence-corrected chi connectivity index (χ1v) is 12.3. The number of ether oxygens (including phenoxy) is 1. The van der Waals surface area contributed by atoms with Gasteiger partial charge in [0.25, 0.3) is 0 Å². The average molecular weight is 474 g/mol. The molecule has 6 nitrogen and oxygen atoms in total. The van der Waals surface area contributed by atoms with Gasteiger partial charge in [-0.15, -0.1) is 0 Å². The molecule has 0 radical (unpaired) electrons. The zero-order valence-electron chi connectivity index (χ0n) is 20.4. The van der Waals surface area contributed by atoms with Crippen molar-refractivity contribution >= 4 is 16.7 Å². The van der Waals surface area contributed by atoms with E-state index in [4.69, 9.17) is 15.5 Å². The van der Waals surface area contributed by atoms with Crippen molar-refractivity contribution in [2.75, 3.05) is 32.8 Å². The minimum atomic E-state index is -0.296. The zero-order valence-corrected chi connectivity index (χ0v) is 20.4. The molecule has 1 aliphatic carbocycles. The largest absolute Gasteiger partial charge is 0.379 e. The van der Waals surface area contributed by atoms with Gasteiger partial charge < -0.3 is 15.5 Å². The molecule has 0 bridgehead atoms. The molecule has 35 heavy (non-hydrogen) atoms. The second-order valence-corrected chi connectivity index (χ2v) is 9.40. The Hall–Kier alpha value is -3.13. The second kappa shape index (κ2) is 10.2. The fourth-order valence-electron chi connectivity index (χ4n) is 4.83. The van der Waals surface area contributed by atoms with Crippen LogP contribution in [-0.4, -0.2) is 52.7 Å². The number of pyridine rings is 1. The Bertz CT molecular complexity index is 1320. The van der Waals surface area contributed by atoms with E-state index in [0.29, 0.717) is 17.1 Å². The van der Waals surface area contributed by atoms with Crippen molar-refractivity contribution in [3.63, 3.8) is 0 Å². The first kappa shape index (κ1) is 23.6. The van der Waals surface area contributed by atoms with Crippen molar-refractivity contribution in [3.8, 4) is 11.1 Å². The van der Waals surface area contributed by atoms with E-state index >= 15 is 0 Å². The maximum absolute atomic E-state index is 14.5. The number of H-pyrrole nitrogens is 1. The highest BCUT2D eigenvalue weighted by atomic mass is 19.1. The summed E-state index contributed by atoms with van der Waals surface area (Å²) in [7, 11) is 0. The molecule has 0 saturated carbocycles. The number of allylic oxidation sites excluding steroid dienone is 4. The van der Waals surface area contributed by atoms with Crippen LogP contribution in [0.2, 0.25) is 0 Å². The number of aromatic amines is 1. The highest BCUT2D eigenvalue weighted by Gasteiger charge is 2.19. The molecule has 3 aromatic rings. The Balaban J connectivity index is 1.52. The molecular formula is C28H32FN5O. The van der Waals surface area contributed by atoms with Crippen LogP contribution in [0.5, 0.6) is 0 Å². The molecule has 0 amide bonds. The monoisotopic (exact) mass is 473 g/mol. The average Bonchev–Trinajstić information content (AvgIpc) is 3.27. The molecular weight excluding hydrogens is 441 g/mol. The lowest BCUT2D eigenvalue weighted by atomic mass is 9.93. The summed E-state index contributed by atoms with van der Waals surface area (Å²) in [6, 6.07) is 5.21. The number of imidazole rings is 1. The smallest absolute Gasteiger partial charge is 0.178 e. The maximum Gasteiger partial charge on any atom is 0.178 e. The molecule has 1 fully saturated rings. The Kier molecular flexibility index (Phi) is 6.90. The quantitative estimate of drug-likeness (QED) is 0.558. The highest BCUT2D eigenvalue weighted by Crippen LogP contribution is 2.34. The van der Waals surface area contributed by atoms with E-state index in [0.717, 1.165) is 72.9 Å². The van der Waals surface area contributed by atoms with Gasteiger partial charge in [-0.05, 0) is 47.6 Å². The number of nitrogens with one attached hydrogen (secondary N) is 1. The molecule has 5 rings (SSSR count). The van der Waals surface area contributed by atoms with Gasteiger partial charge in [-0.3, -0.25) is 4.90 Å². The fraction of sp³-hybridized carbons (Fsp3) is 0.357. The summed E-state index contributed by atoms with van der Waals surface area (Å²) < 4.78 is 20.0. The van der Waals surface area contributed by atoms with Gasteiger partial charge >= 0.3 is 0 Å². The number of fused-ring (bicyclic) bond motifs is 1. The summed E-state index contributed by atoms with van der Waals surface area (Å²) >= 11 is 0. The molecule has 1 unspecified atom stereocenters. The number of hydrogen-bond acceptors (Lipinski definition) is 5. The summed E-state index contributed by atoms with van der Waals surface area (Å²) in [5.41, 5.74) is 12.7. The lowest BCUT2D eigenvalue weighted by Crippen LogP contribution is -2.37. The number of halogens is 1. The number of nitrogens with zero attached hydrogens (tertiary/aromatic N) is 3. The highest BCUT2D eigenvalue weighted by molar-refractivity contribution is 5.93. The predicted molar refractivity (Wildman–Crippen MR) is 138 cm³/mol. The van der Waals surface area contributed by atoms with Crippen LogP contribution in [0.25, 0.3) is 27.9 Å². The topological polar surface area (TPSA) is 80.1 Å². The van der Waals surface area contributed by atoms with Gasteiger partial charge in [-0.25, -0.2) is 14.4 Å². The van der Waals surface area contributed by atoms with Crippen LogP contribution in [0.3, 0.4) is 0 Å². The van der Waals surface area contributed by atoms with Crippen molar-refractivity contribution in [1.29, 1.82) is 0 Å². The molecule has 7 heteroatoms. The predicted octanol–water partition coefficient (Wildman–Crippen LogP) is 4.77. The molecule has 2 aromatic heterocycles. The van der Waals surface area contributed by atoms with Crippen molar-refractivity contribution in [1.82, 2.24) is 19.9 Å². The van der Waals surface area contributed by atoms with Crippen LogP contribution in [0, 0.1) is 18.7 Å². The van der Waals surface area contributed by atoms with Gasteiger partial charge in [0, 0.05) is 43.5 Å². The Labute approximate surface area is 205 Å². The first-order chi connectivity index (χ1) is 17.0. The van der Waals surface area contributed by atoms with Crippen LogP contribution in [0.4, 0.5) is 4.39 Å². The summed E-state index contributed by atoms with van der Waals surface area (Å²) in [4.78, 5) is 15.4. The molecule has 1 atom stereocenters. The van der Waals surface area contributed by atoms with Crippen molar-refractivity contribution < 1.29 is 9.13 Å². The van der Waals surface area contributed by atoms with Crippen molar-refractivity contribution in [2.45, 2.75) is 26.8 Å². The van der Waals surface area contributed by atoms with Gasteiger partial charge in [0.2, 0.25) is 0 Å². The number of hydrogen-bond donors (Lipinski definition) is 2. The SMILES string of the molecule is Cc1cnc2nc(/C3=C/C=C(CN4CCOCC4)\C=C\CC3C)[nH]c2c1-c1ccc(CN)c(F)c1. The summed E-state index contributed by atoms with van der Waals surface area (Å²) in [6.45, 7) is 8.79. The van der Waals surface area contributed by atoms with Crippen LogP contribution in [-0.2, 0) is 11.3 Å². The molecule has 1 aliphatic heterocycles. The van der Waals surface area contributed by atoms with Crippen molar-refractivity contribution in [3.05, 3.63) is 77.0 Å². The number of aryl methyl sites for hydroxylation is 1. The maximum atomic E-state index is 14.5. The van der Waals surface area contributed by atoms with E-state index < -0.39 is 0 Å². The molecule has 0 spiro atoms. The molecule has 182 valence electrons. The van der Waals surface area contributed by atoms with Crippen molar-refractivity contribution in [2.24, 2.45) is 11.7 Å². The van der Waals surface area contributed by atoms with Gasteiger partial charge in [0.15, 0.2) is 5.65 Å². The summed E-state index contributed by atoms with van der Waals surface area (Å²) in [5.74, 6) is 0.803. The Morgan fingerprint density at radius 1 is 1.23 bits per heavy atom. The standard InChI is InChI=1S/C28H32FN5O/c1-18-4-3-5-20(17-34-10-12-35-13-11-34)6-9-23(18)27-32-26-25(19(2)16-31-28(26)33-27)21-7-8-22(15-30)24(29)14-21/h3,5-9,14,16,18H,4,10-13,15,17,30H2,1-2H3,(H,31,32,33)/b5-3+,20-6+,23-9+. The molecule has 3 heterocycles. The number of aromatic nitrogens is 3. The summed E-state index contributed by atoms with van der Waals surface area (Å²) in [6.07, 6.45) is 11.6. The van der Waals surface area contributed by atoms with Gasteiger partial charge in [-0.2, -0.15) is 0 Å². The third-order valence-electron chi connectivity index (χ3n) is 6.88. The van der Waals surface area contributed by atoms with E-state index in [9.17, 15) is 4.39 Å². The molecule has 2 aliphatic rings. The third kappa shape index (κ3) is 4.98. The molecule has 1 saturated heterocycles. The molecule has 1 aromatic carbocycles. The zero-order chi connectivity index (χ0) is 24.4. The van der Waals surface area contributed by atoms with Crippen LogP contribution < -0.4 is 5.73 Å². The minimum absolute atomic E-state index is 0.173. The van der Waals surface area contributed by atoms with Crippen LogP contribution in [0.1, 0.15) is 30.3 Å². The van der Waals surface area contributed by atoms with E-state index in [2.05, 4.69) is 46.1 Å². The van der Waals surface area contributed by atoms with E-state index in [1.165, 1.54) is 5.57 Å². The summed E-state index contributed by atoms with van der Waals surface area (Å²) in [5, 5.41) is 0. The fourth-order valence-corrected chi connectivity index (χ4v) is 4.83. The van der Waals surface area contributed by atoms with E-state index in [-0.39, 0.29) is 12.4 Å². The minimum Gasteiger partial charge on any atom is -0.379 e.